The SMILES string of the molecule is Cc1ccc(F)c([C@H](N[S@+]([O-])C(C)(C)C)[C@@H](F)C(=O)C2C(=O)NC(=O)N(C3CCOCC3)C2=O)c1. The highest BCUT2D eigenvalue weighted by molar-refractivity contribution is 7.90. The van der Waals surface area contributed by atoms with Crippen LogP contribution < -0.4 is 10.0 Å². The van der Waals surface area contributed by atoms with Gasteiger partial charge in [-0.25, -0.2) is 13.6 Å². The number of ketones is 1. The summed E-state index contributed by atoms with van der Waals surface area (Å²) in [5.74, 6) is -6.85. The van der Waals surface area contributed by atoms with Crippen molar-refractivity contribution in [2.24, 2.45) is 5.92 Å². The average Bonchev–Trinajstić information content (AvgIpc) is 2.78. The molecule has 2 heterocycles. The van der Waals surface area contributed by atoms with Crippen LogP contribution in [-0.4, -0.2) is 63.3 Å². The van der Waals surface area contributed by atoms with Crippen LogP contribution in [0.2, 0.25) is 0 Å². The van der Waals surface area contributed by atoms with E-state index in [1.165, 1.54) is 12.1 Å². The van der Waals surface area contributed by atoms with E-state index in [1.807, 2.05) is 5.32 Å². The number of ether oxygens (including phenoxy) is 1. The molecule has 0 spiro atoms. The van der Waals surface area contributed by atoms with E-state index in [2.05, 4.69) is 4.72 Å². The molecular formula is C23H29F2N3O6S. The van der Waals surface area contributed by atoms with Gasteiger partial charge in [0.15, 0.2) is 17.9 Å². The standard InChI is InChI=1S/C23H29F2N3O6S/c1-12-5-6-15(24)14(11-12)18(27-35(33)23(2,3)4)17(25)19(29)16-20(30)26-22(32)28(21(16)31)13-7-9-34-10-8-13/h5-6,11,13,16-18,27H,7-10H2,1-4H3,(H,26,30,32)/t16?,17-,18+,35-/m1/s1. The molecule has 1 unspecified atom stereocenters. The Balaban J connectivity index is 1.95. The van der Waals surface area contributed by atoms with Crippen LogP contribution >= 0.6 is 0 Å². The van der Waals surface area contributed by atoms with Crippen molar-refractivity contribution in [1.29, 1.82) is 0 Å². The minimum Gasteiger partial charge on any atom is -0.598 e. The largest absolute Gasteiger partial charge is 0.598 e. The molecule has 0 bridgehead atoms. The van der Waals surface area contributed by atoms with Crippen LogP contribution in [0, 0.1) is 18.7 Å². The Morgan fingerprint density at radius 1 is 1.26 bits per heavy atom. The number of Topliss-reactive ketones (excluding diaryl/α,β-unsaturated/α-hetero) is 1. The molecule has 0 radical (unpaired) electrons. The molecule has 1 aromatic rings. The van der Waals surface area contributed by atoms with Crippen LogP contribution in [0.3, 0.4) is 0 Å². The van der Waals surface area contributed by atoms with Crippen molar-refractivity contribution in [3.05, 3.63) is 35.1 Å². The number of hydrogen-bond donors (Lipinski definition) is 2. The molecule has 1 aromatic carbocycles. The molecule has 12 heteroatoms. The molecule has 192 valence electrons. The molecule has 4 atom stereocenters. The van der Waals surface area contributed by atoms with E-state index in [9.17, 15) is 28.1 Å². The van der Waals surface area contributed by atoms with Gasteiger partial charge in [-0.2, -0.15) is 0 Å². The lowest BCUT2D eigenvalue weighted by Gasteiger charge is -2.37. The number of benzene rings is 1. The summed E-state index contributed by atoms with van der Waals surface area (Å²) in [6, 6.07) is 0.473. The van der Waals surface area contributed by atoms with Crippen molar-refractivity contribution < 1.29 is 37.2 Å². The Morgan fingerprint density at radius 2 is 1.89 bits per heavy atom. The number of carbonyl (C=O) groups is 4. The summed E-state index contributed by atoms with van der Waals surface area (Å²) >= 11 is -1.93. The van der Waals surface area contributed by atoms with Gasteiger partial charge in [-0.05, 0) is 46.6 Å². The Bertz CT molecular complexity index is 1010. The van der Waals surface area contributed by atoms with Gasteiger partial charge in [0.05, 0.1) is 0 Å². The quantitative estimate of drug-likeness (QED) is 0.422. The zero-order valence-electron chi connectivity index (χ0n) is 19.9. The molecule has 0 saturated carbocycles. The number of imide groups is 2. The zero-order valence-corrected chi connectivity index (χ0v) is 20.7. The summed E-state index contributed by atoms with van der Waals surface area (Å²) in [6.45, 7) is 6.98. The predicted molar refractivity (Wildman–Crippen MR) is 123 cm³/mol. The van der Waals surface area contributed by atoms with E-state index in [-0.39, 0.29) is 18.8 Å². The van der Waals surface area contributed by atoms with Gasteiger partial charge < -0.3 is 9.29 Å². The number of barbiturate groups is 1. The average molecular weight is 514 g/mol. The fraction of sp³-hybridized carbons (Fsp3) is 0.565. The third-order valence-corrected chi connectivity index (χ3v) is 7.46. The fourth-order valence-corrected chi connectivity index (χ4v) is 4.76. The molecule has 2 fully saturated rings. The molecule has 2 N–H and O–H groups in total. The molecule has 0 aromatic heterocycles. The number of nitrogens with zero attached hydrogens (tertiary/aromatic N) is 1. The van der Waals surface area contributed by atoms with Crippen molar-refractivity contribution in [1.82, 2.24) is 14.9 Å². The van der Waals surface area contributed by atoms with Crippen LogP contribution in [0.5, 0.6) is 0 Å². The molecule has 3 rings (SSSR count). The van der Waals surface area contributed by atoms with Crippen LogP contribution in [0.25, 0.3) is 0 Å². The Labute approximate surface area is 205 Å². The summed E-state index contributed by atoms with van der Waals surface area (Å²) in [7, 11) is 0. The van der Waals surface area contributed by atoms with Gasteiger partial charge in [0.25, 0.3) is 5.91 Å². The van der Waals surface area contributed by atoms with Gasteiger partial charge in [-0.3, -0.25) is 24.6 Å². The van der Waals surface area contributed by atoms with Crippen molar-refractivity contribution in [2.45, 2.75) is 63.5 Å². The summed E-state index contributed by atoms with van der Waals surface area (Å²) in [5.41, 5.74) is 0.279. The van der Waals surface area contributed by atoms with E-state index in [0.717, 1.165) is 11.0 Å². The Morgan fingerprint density at radius 3 is 2.49 bits per heavy atom. The Hall–Kier alpha value is -2.41. The summed E-state index contributed by atoms with van der Waals surface area (Å²) < 4.78 is 50.1. The summed E-state index contributed by atoms with van der Waals surface area (Å²) in [4.78, 5) is 52.0. The normalized spacial score (nSPS) is 22.5. The molecule has 2 saturated heterocycles. The van der Waals surface area contributed by atoms with Gasteiger partial charge in [0.2, 0.25) is 5.91 Å². The number of aryl methyl sites for hydroxylation is 1. The van der Waals surface area contributed by atoms with Gasteiger partial charge in [-0.15, -0.1) is 4.72 Å². The van der Waals surface area contributed by atoms with Crippen LogP contribution in [0.15, 0.2) is 18.2 Å². The predicted octanol–water partition coefficient (Wildman–Crippen LogP) is 2.01. The topological polar surface area (TPSA) is 128 Å². The number of halogens is 2. The monoisotopic (exact) mass is 513 g/mol. The van der Waals surface area contributed by atoms with Crippen molar-refractivity contribution in [3.8, 4) is 0 Å². The first-order valence-electron chi connectivity index (χ1n) is 11.2. The third kappa shape index (κ3) is 5.88. The first-order chi connectivity index (χ1) is 16.3. The maximum atomic E-state index is 15.8. The van der Waals surface area contributed by atoms with E-state index in [4.69, 9.17) is 4.74 Å². The lowest BCUT2D eigenvalue weighted by atomic mass is 9.89. The Kier molecular flexibility index (Phi) is 8.30. The van der Waals surface area contributed by atoms with Gasteiger partial charge in [0, 0.05) is 36.2 Å². The molecule has 35 heavy (non-hydrogen) atoms. The fourth-order valence-electron chi connectivity index (χ4n) is 3.93. The smallest absolute Gasteiger partial charge is 0.331 e. The van der Waals surface area contributed by atoms with Crippen molar-refractivity contribution in [3.63, 3.8) is 0 Å². The second-order valence-corrected chi connectivity index (χ2v) is 11.6. The highest BCUT2D eigenvalue weighted by atomic mass is 32.2. The summed E-state index contributed by atoms with van der Waals surface area (Å²) in [5, 5.41) is 1.95. The van der Waals surface area contributed by atoms with E-state index < -0.39 is 69.7 Å². The van der Waals surface area contributed by atoms with Gasteiger partial charge in [-0.1, -0.05) is 17.7 Å². The van der Waals surface area contributed by atoms with E-state index in [1.54, 1.807) is 27.7 Å². The number of urea groups is 1. The highest BCUT2D eigenvalue weighted by Gasteiger charge is 2.51. The second-order valence-electron chi connectivity index (χ2n) is 9.58. The number of rotatable bonds is 7. The third-order valence-electron chi connectivity index (χ3n) is 5.88. The molecule has 2 aliphatic rings. The number of alkyl halides is 1. The first kappa shape index (κ1) is 27.2. The minimum atomic E-state index is -2.62. The van der Waals surface area contributed by atoms with Gasteiger partial charge in [0.1, 0.15) is 16.6 Å². The maximum absolute atomic E-state index is 15.8. The molecule has 2 aliphatic heterocycles. The zero-order chi connectivity index (χ0) is 26.1. The molecule has 4 amide bonds. The molecule has 0 aliphatic carbocycles. The van der Waals surface area contributed by atoms with Gasteiger partial charge >= 0.3 is 6.03 Å². The van der Waals surface area contributed by atoms with Crippen LogP contribution in [0.1, 0.15) is 50.8 Å². The number of nitrogens with one attached hydrogen (secondary N) is 2. The number of amides is 4. The molecular weight excluding hydrogens is 484 g/mol. The highest BCUT2D eigenvalue weighted by Crippen LogP contribution is 2.30. The maximum Gasteiger partial charge on any atom is 0.331 e. The van der Waals surface area contributed by atoms with Crippen molar-refractivity contribution >= 4 is 35.0 Å². The lowest BCUT2D eigenvalue weighted by Crippen LogP contribution is -2.64. The van der Waals surface area contributed by atoms with Crippen molar-refractivity contribution in [2.75, 3.05) is 13.2 Å². The lowest BCUT2D eigenvalue weighted by molar-refractivity contribution is -0.151. The number of hydrogen-bond acceptors (Lipinski definition) is 7. The minimum absolute atomic E-state index is 0.274. The van der Waals surface area contributed by atoms with E-state index in [0.29, 0.717) is 18.4 Å². The second kappa shape index (κ2) is 10.7. The molecule has 9 nitrogen and oxygen atoms in total. The first-order valence-corrected chi connectivity index (χ1v) is 12.4. The van der Waals surface area contributed by atoms with Crippen LogP contribution in [-0.2, 0) is 30.5 Å². The van der Waals surface area contributed by atoms with Crippen LogP contribution in [0.4, 0.5) is 13.6 Å². The number of carbonyl (C=O) groups excluding carboxylic acids is 4. The van der Waals surface area contributed by atoms with E-state index >= 15 is 4.39 Å². The summed E-state index contributed by atoms with van der Waals surface area (Å²) in [6.07, 6.45) is -2.02.